The third kappa shape index (κ3) is 3.45. The van der Waals surface area contributed by atoms with E-state index in [9.17, 15) is 4.79 Å². The van der Waals surface area contributed by atoms with Crippen LogP contribution in [-0.4, -0.2) is 15.5 Å². The van der Waals surface area contributed by atoms with Crippen LogP contribution in [0.4, 0.5) is 0 Å². The van der Waals surface area contributed by atoms with Crippen LogP contribution in [0.2, 0.25) is 0 Å². The zero-order chi connectivity index (χ0) is 13.5. The van der Waals surface area contributed by atoms with E-state index in [0.717, 1.165) is 11.4 Å². The quantitative estimate of drug-likeness (QED) is 0.421. The van der Waals surface area contributed by atoms with Gasteiger partial charge in [-0.1, -0.05) is 18.7 Å². The summed E-state index contributed by atoms with van der Waals surface area (Å²) < 4.78 is 7.05. The second-order valence-corrected chi connectivity index (χ2v) is 3.93. The first-order valence-corrected chi connectivity index (χ1v) is 5.67. The Hall–Kier alpha value is -2.10. The molecule has 0 radical (unpaired) electrons. The van der Waals surface area contributed by atoms with Crippen molar-refractivity contribution in [2.75, 3.05) is 0 Å². The molecule has 1 aromatic heterocycles. The normalized spacial score (nSPS) is 9.83. The summed E-state index contributed by atoms with van der Waals surface area (Å²) in [6.45, 7) is 13.3. The first kappa shape index (κ1) is 14.0. The Kier molecular flexibility index (Phi) is 5.11. The first-order valence-electron chi connectivity index (χ1n) is 5.67. The van der Waals surface area contributed by atoms with Crippen LogP contribution in [0.3, 0.4) is 0 Å². The molecule has 96 valence electrons. The number of nitrogens with zero attached hydrogens (tertiary/aromatic N) is 2. The highest BCUT2D eigenvalue weighted by molar-refractivity contribution is 5.86. The van der Waals surface area contributed by atoms with Crippen molar-refractivity contribution >= 4 is 5.97 Å². The molecule has 4 heteroatoms. The molecule has 0 aliphatic rings. The van der Waals surface area contributed by atoms with E-state index in [0.29, 0.717) is 18.5 Å². The standard InChI is InChI=1S/C14H18N2O2/c1-5-7-12-13(9-18-14(17)11(3)4)16(8-6-2)10-15-12/h5-6,10H,1-3,7-9H2,4H3. The fourth-order valence-electron chi connectivity index (χ4n) is 1.48. The molecule has 0 N–H and O–H groups in total. The molecule has 1 rings (SSSR count). The lowest BCUT2D eigenvalue weighted by Gasteiger charge is -2.08. The van der Waals surface area contributed by atoms with Gasteiger partial charge in [0.15, 0.2) is 0 Å². The largest absolute Gasteiger partial charge is 0.456 e. The minimum atomic E-state index is -0.397. The maximum absolute atomic E-state index is 11.4. The van der Waals surface area contributed by atoms with Gasteiger partial charge in [0.05, 0.1) is 17.7 Å². The number of aromatic nitrogens is 2. The molecule has 18 heavy (non-hydrogen) atoms. The summed E-state index contributed by atoms with van der Waals surface area (Å²) in [5, 5.41) is 0. The summed E-state index contributed by atoms with van der Waals surface area (Å²) >= 11 is 0. The Morgan fingerprint density at radius 1 is 1.50 bits per heavy atom. The predicted molar refractivity (Wildman–Crippen MR) is 70.9 cm³/mol. The Morgan fingerprint density at radius 2 is 2.22 bits per heavy atom. The van der Waals surface area contributed by atoms with Gasteiger partial charge in [-0.3, -0.25) is 0 Å². The lowest BCUT2D eigenvalue weighted by atomic mass is 10.2. The number of allylic oxidation sites excluding steroid dienone is 2. The second-order valence-electron chi connectivity index (χ2n) is 3.93. The lowest BCUT2D eigenvalue weighted by Crippen LogP contribution is -2.10. The summed E-state index contributed by atoms with van der Waals surface area (Å²) in [6, 6.07) is 0. The van der Waals surface area contributed by atoms with Crippen LogP contribution in [0.25, 0.3) is 0 Å². The SMILES string of the molecule is C=CCc1ncn(CC=C)c1COC(=O)C(=C)C. The molecule has 0 atom stereocenters. The predicted octanol–water partition coefficient (Wildman–Crippen LogP) is 2.42. The molecule has 0 aromatic carbocycles. The monoisotopic (exact) mass is 246 g/mol. The molecule has 1 heterocycles. The van der Waals surface area contributed by atoms with Crippen molar-refractivity contribution < 1.29 is 9.53 Å². The van der Waals surface area contributed by atoms with Crippen LogP contribution in [0, 0.1) is 0 Å². The molecule has 0 fully saturated rings. The van der Waals surface area contributed by atoms with E-state index in [1.807, 2.05) is 4.57 Å². The summed E-state index contributed by atoms with van der Waals surface area (Å²) in [7, 11) is 0. The molecule has 0 saturated heterocycles. The minimum absolute atomic E-state index is 0.183. The summed E-state index contributed by atoms with van der Waals surface area (Å²) in [5.74, 6) is -0.397. The Morgan fingerprint density at radius 3 is 2.78 bits per heavy atom. The number of hydrogen-bond acceptors (Lipinski definition) is 3. The van der Waals surface area contributed by atoms with Crippen LogP contribution in [-0.2, 0) is 29.1 Å². The van der Waals surface area contributed by atoms with Gasteiger partial charge in [0.25, 0.3) is 0 Å². The summed E-state index contributed by atoms with van der Waals surface area (Å²) in [5.41, 5.74) is 2.11. The molecule has 0 aliphatic heterocycles. The van der Waals surface area contributed by atoms with E-state index in [1.165, 1.54) is 0 Å². The van der Waals surface area contributed by atoms with Crippen molar-refractivity contribution in [1.82, 2.24) is 9.55 Å². The Bertz CT molecular complexity index is 445. The zero-order valence-corrected chi connectivity index (χ0v) is 10.7. The molecule has 0 bridgehead atoms. The van der Waals surface area contributed by atoms with Crippen molar-refractivity contribution in [3.05, 3.63) is 55.2 Å². The topological polar surface area (TPSA) is 44.1 Å². The Labute approximate surface area is 107 Å². The zero-order valence-electron chi connectivity index (χ0n) is 10.7. The van der Waals surface area contributed by atoms with Gasteiger partial charge >= 0.3 is 5.97 Å². The van der Waals surface area contributed by atoms with Crippen LogP contribution >= 0.6 is 0 Å². The van der Waals surface area contributed by atoms with Crippen molar-refractivity contribution in [1.29, 1.82) is 0 Å². The van der Waals surface area contributed by atoms with Crippen LogP contribution in [0.5, 0.6) is 0 Å². The van der Waals surface area contributed by atoms with Crippen molar-refractivity contribution in [2.45, 2.75) is 26.5 Å². The fraction of sp³-hybridized carbons (Fsp3) is 0.286. The molecule has 0 spiro atoms. The van der Waals surface area contributed by atoms with Crippen LogP contribution < -0.4 is 0 Å². The summed E-state index contributed by atoms with van der Waals surface area (Å²) in [6.07, 6.45) is 5.89. The first-order chi connectivity index (χ1) is 8.60. The molecule has 0 amide bonds. The highest BCUT2D eigenvalue weighted by Crippen LogP contribution is 2.12. The van der Waals surface area contributed by atoms with E-state index >= 15 is 0 Å². The van der Waals surface area contributed by atoms with E-state index in [4.69, 9.17) is 4.74 Å². The summed E-state index contributed by atoms with van der Waals surface area (Å²) in [4.78, 5) is 15.7. The molecule has 4 nitrogen and oxygen atoms in total. The number of rotatable bonds is 7. The van der Waals surface area contributed by atoms with Crippen molar-refractivity contribution in [3.8, 4) is 0 Å². The highest BCUT2D eigenvalue weighted by atomic mass is 16.5. The maximum atomic E-state index is 11.4. The van der Waals surface area contributed by atoms with E-state index in [-0.39, 0.29) is 6.61 Å². The second kappa shape index (κ2) is 6.59. The molecule has 1 aromatic rings. The van der Waals surface area contributed by atoms with E-state index < -0.39 is 5.97 Å². The van der Waals surface area contributed by atoms with Gasteiger partial charge < -0.3 is 9.30 Å². The van der Waals surface area contributed by atoms with E-state index in [2.05, 4.69) is 24.7 Å². The average Bonchev–Trinajstić information content (AvgIpc) is 2.70. The number of imidazole rings is 1. The molecule has 0 unspecified atom stereocenters. The van der Waals surface area contributed by atoms with Crippen LogP contribution in [0.15, 0.2) is 43.8 Å². The van der Waals surface area contributed by atoms with Crippen LogP contribution in [0.1, 0.15) is 18.3 Å². The van der Waals surface area contributed by atoms with Gasteiger partial charge in [0.2, 0.25) is 0 Å². The highest BCUT2D eigenvalue weighted by Gasteiger charge is 2.12. The Balaban J connectivity index is 2.85. The third-order valence-corrected chi connectivity index (χ3v) is 2.38. The number of ether oxygens (including phenoxy) is 1. The average molecular weight is 246 g/mol. The minimum Gasteiger partial charge on any atom is -0.456 e. The van der Waals surface area contributed by atoms with E-state index in [1.54, 1.807) is 25.4 Å². The fourth-order valence-corrected chi connectivity index (χ4v) is 1.48. The number of carbonyl (C=O) groups excluding carboxylic acids is 1. The van der Waals surface area contributed by atoms with Crippen molar-refractivity contribution in [3.63, 3.8) is 0 Å². The smallest absolute Gasteiger partial charge is 0.333 e. The molecule has 0 saturated carbocycles. The van der Waals surface area contributed by atoms with Crippen molar-refractivity contribution in [2.24, 2.45) is 0 Å². The van der Waals surface area contributed by atoms with Gasteiger partial charge in [0, 0.05) is 18.5 Å². The third-order valence-electron chi connectivity index (χ3n) is 2.38. The number of hydrogen-bond donors (Lipinski definition) is 0. The molecule has 0 aliphatic carbocycles. The van der Waals surface area contributed by atoms with Gasteiger partial charge in [-0.15, -0.1) is 13.2 Å². The number of carbonyl (C=O) groups is 1. The van der Waals surface area contributed by atoms with Gasteiger partial charge in [-0.25, -0.2) is 9.78 Å². The lowest BCUT2D eigenvalue weighted by molar-refractivity contribution is -0.140. The van der Waals surface area contributed by atoms with Gasteiger partial charge in [0.1, 0.15) is 6.61 Å². The maximum Gasteiger partial charge on any atom is 0.333 e. The number of esters is 1. The van der Waals surface area contributed by atoms with Gasteiger partial charge in [-0.05, 0) is 6.92 Å². The molecular formula is C14H18N2O2. The molecular weight excluding hydrogens is 228 g/mol. The van der Waals surface area contributed by atoms with Gasteiger partial charge in [-0.2, -0.15) is 0 Å².